The van der Waals surface area contributed by atoms with Crippen LogP contribution in [0.2, 0.25) is 0 Å². The molecule has 0 amide bonds. The van der Waals surface area contributed by atoms with Crippen molar-refractivity contribution in [1.82, 2.24) is 9.55 Å². The number of aliphatic hydroxyl groups is 2. The summed E-state index contributed by atoms with van der Waals surface area (Å²) in [5.74, 6) is 0.141. The van der Waals surface area contributed by atoms with E-state index in [0.717, 1.165) is 0 Å². The first-order valence-electron chi connectivity index (χ1n) is 10.00. The third-order valence-electron chi connectivity index (χ3n) is 5.35. The number of aliphatic imine (C=N–C) groups is 1. The van der Waals surface area contributed by atoms with E-state index in [1.54, 1.807) is 6.21 Å². The Morgan fingerprint density at radius 3 is 2.57 bits per heavy atom. The van der Waals surface area contributed by atoms with E-state index in [4.69, 9.17) is 24.5 Å². The molecule has 1 aromatic heterocycles. The molecular formula is C15H25N4O12P3S. The molecule has 20 heteroatoms. The van der Waals surface area contributed by atoms with Crippen molar-refractivity contribution in [3.8, 4) is 0 Å². The molecule has 3 rings (SSSR count). The van der Waals surface area contributed by atoms with E-state index in [2.05, 4.69) is 30.4 Å². The van der Waals surface area contributed by atoms with Crippen LogP contribution in [0.25, 0.3) is 0 Å². The second-order valence-electron chi connectivity index (χ2n) is 7.97. The van der Waals surface area contributed by atoms with E-state index in [1.165, 1.54) is 17.8 Å². The van der Waals surface area contributed by atoms with Gasteiger partial charge >= 0.3 is 22.4 Å². The van der Waals surface area contributed by atoms with E-state index in [0.29, 0.717) is 18.5 Å². The van der Waals surface area contributed by atoms with Crippen molar-refractivity contribution in [2.75, 3.05) is 6.61 Å². The summed E-state index contributed by atoms with van der Waals surface area (Å²) in [5.41, 5.74) is -1.39. The highest BCUT2D eigenvalue weighted by molar-refractivity contribution is 8.08. The first-order valence-corrected chi connectivity index (χ1v) is 15.6. The number of nitrogens with one attached hydrogen (secondary N) is 1. The number of fused-ring (bicyclic) bond motifs is 1. The van der Waals surface area contributed by atoms with Gasteiger partial charge in [0, 0.05) is 12.1 Å². The number of hydrogen-bond donors (Lipinski definition) is 7. The molecule has 2 aliphatic heterocycles. The van der Waals surface area contributed by atoms with Crippen LogP contribution in [0, 0.1) is 11.3 Å². The van der Waals surface area contributed by atoms with E-state index in [-0.39, 0.29) is 17.4 Å². The third-order valence-corrected chi connectivity index (χ3v) is 10.1. The summed E-state index contributed by atoms with van der Waals surface area (Å²) in [5, 5.41) is 30.0. The zero-order valence-corrected chi connectivity index (χ0v) is 21.8. The molecule has 0 spiro atoms. The fraction of sp³-hybridized carbons (Fsp3) is 0.667. The van der Waals surface area contributed by atoms with Crippen LogP contribution in [0.3, 0.4) is 0 Å². The van der Waals surface area contributed by atoms with Crippen LogP contribution in [0.4, 0.5) is 5.82 Å². The molecule has 35 heavy (non-hydrogen) atoms. The van der Waals surface area contributed by atoms with Crippen LogP contribution in [0.5, 0.6) is 0 Å². The van der Waals surface area contributed by atoms with E-state index >= 15 is 0 Å². The maximum Gasteiger partial charge on any atom is 0.488 e. The third kappa shape index (κ3) is 6.58. The van der Waals surface area contributed by atoms with Gasteiger partial charge in [-0.3, -0.25) is 4.57 Å². The molecule has 198 valence electrons. The summed E-state index contributed by atoms with van der Waals surface area (Å²) in [6.07, 6.45) is -0.125. The smallest absolute Gasteiger partial charge is 0.387 e. The highest BCUT2D eigenvalue weighted by Crippen LogP contribution is 2.66. The molecule has 1 saturated heterocycles. The molecule has 0 aromatic carbocycles. The fourth-order valence-electron chi connectivity index (χ4n) is 3.64. The van der Waals surface area contributed by atoms with Crippen LogP contribution in [0.15, 0.2) is 11.3 Å². The second-order valence-corrected chi connectivity index (χ2v) is 13.8. The molecule has 7 atom stereocenters. The molecule has 16 nitrogen and oxygen atoms in total. The maximum absolute atomic E-state index is 11.6. The summed E-state index contributed by atoms with van der Waals surface area (Å²) in [4.78, 5) is 45.2. The summed E-state index contributed by atoms with van der Waals surface area (Å²) in [6.45, 7) is -2.20. The zero-order valence-electron chi connectivity index (χ0n) is 18.3. The molecule has 7 unspecified atom stereocenters. The van der Waals surface area contributed by atoms with Crippen LogP contribution in [0.1, 0.15) is 38.6 Å². The van der Waals surface area contributed by atoms with Crippen molar-refractivity contribution in [1.29, 1.82) is 5.41 Å². The highest BCUT2D eigenvalue weighted by Gasteiger charge is 2.54. The van der Waals surface area contributed by atoms with Gasteiger partial charge in [0.2, 0.25) is 0 Å². The largest absolute Gasteiger partial charge is 0.488 e. The molecule has 3 heterocycles. The van der Waals surface area contributed by atoms with Gasteiger partial charge in [-0.15, -0.1) is 0 Å². The van der Waals surface area contributed by atoms with Gasteiger partial charge < -0.3 is 44.5 Å². The fourth-order valence-corrected chi connectivity index (χ4v) is 7.61. The summed E-state index contributed by atoms with van der Waals surface area (Å²) >= 11 is 4.55. The van der Waals surface area contributed by atoms with Gasteiger partial charge in [-0.25, -0.2) is 23.4 Å². The predicted molar refractivity (Wildman–Crippen MR) is 123 cm³/mol. The average molecular weight is 578 g/mol. The normalized spacial score (nSPS) is 32.6. The molecule has 0 aliphatic carbocycles. The number of aliphatic hydroxyl groups excluding tert-OH is 1. The van der Waals surface area contributed by atoms with Gasteiger partial charge in [-0.2, -0.15) is 4.31 Å². The summed E-state index contributed by atoms with van der Waals surface area (Å²) in [7, 11) is -11.0. The lowest BCUT2D eigenvalue weighted by Gasteiger charge is -2.27. The molecule has 1 fully saturated rings. The number of rotatable bonds is 9. The van der Waals surface area contributed by atoms with E-state index < -0.39 is 53.0 Å². The lowest BCUT2D eigenvalue weighted by Crippen LogP contribution is -2.44. The number of imidazole rings is 1. The Balaban J connectivity index is 1.76. The topological polar surface area (TPSA) is 246 Å². The second kappa shape index (κ2) is 10.2. The Hall–Kier alpha value is -0.740. The number of nitrogens with zero attached hydrogens (tertiary/aromatic N) is 3. The maximum atomic E-state index is 11.6. The number of ether oxygens (including phenoxy) is 1. The molecule has 0 saturated carbocycles. The van der Waals surface area contributed by atoms with E-state index in [1.807, 2.05) is 6.92 Å². The Morgan fingerprint density at radius 1 is 1.31 bits per heavy atom. The van der Waals surface area contributed by atoms with Gasteiger partial charge in [-0.1, -0.05) is 6.92 Å². The minimum atomic E-state index is -5.51. The van der Waals surface area contributed by atoms with Gasteiger partial charge in [0.05, 0.1) is 18.6 Å². The van der Waals surface area contributed by atoms with E-state index in [9.17, 15) is 29.1 Å². The van der Waals surface area contributed by atoms with Crippen molar-refractivity contribution >= 4 is 51.9 Å². The Labute approximate surface area is 204 Å². The molecule has 1 aromatic rings. The van der Waals surface area contributed by atoms with Crippen molar-refractivity contribution < 1.29 is 56.8 Å². The minimum Gasteiger partial charge on any atom is -0.387 e. The van der Waals surface area contributed by atoms with Crippen LogP contribution < -0.4 is 0 Å². The Morgan fingerprint density at radius 2 is 1.97 bits per heavy atom. The lowest BCUT2D eigenvalue weighted by atomic mass is 9.95. The summed E-state index contributed by atoms with van der Waals surface area (Å²) in [6, 6.07) is 0. The first-order chi connectivity index (χ1) is 16.0. The SMILES string of the molecule is CCC1CC=Nc2c(ncn2C2OC(COP(O)(=S)OP(=O)(O)OP(=O)(O)O)C(O)C2(C)O)C1=N. The summed E-state index contributed by atoms with van der Waals surface area (Å²) < 4.78 is 42.0. The highest BCUT2D eigenvalue weighted by atomic mass is 32.5. The number of phosphoric acid groups is 2. The van der Waals surface area contributed by atoms with Gasteiger partial charge in [0.15, 0.2) is 12.0 Å². The standard InChI is InChI=1S/C15H25N4O12P3S/c1-3-8-4-5-17-13-11(10(8)16)18-7-19(13)14-15(2,21)12(20)9(29-14)6-28-34(27,35)31-33(25,26)30-32(22,23)24/h5,7-9,12,14,16,20-21H,3-4,6H2,1-2H3,(H,25,26)(H,27,35)(H2,22,23,24). The number of hydrogen-bond acceptors (Lipinski definition) is 12. The van der Waals surface area contributed by atoms with Gasteiger partial charge in [-0.05, 0) is 31.6 Å². The van der Waals surface area contributed by atoms with Gasteiger partial charge in [0.1, 0.15) is 23.5 Å². The molecule has 2 aliphatic rings. The molecule has 7 N–H and O–H groups in total. The number of aromatic nitrogens is 2. The van der Waals surface area contributed by atoms with Crippen molar-refractivity contribution in [2.24, 2.45) is 10.9 Å². The average Bonchev–Trinajstić information content (AvgIpc) is 3.13. The molecule has 0 bridgehead atoms. The van der Waals surface area contributed by atoms with Crippen molar-refractivity contribution in [2.45, 2.75) is 50.7 Å². The Kier molecular flexibility index (Phi) is 8.40. The monoisotopic (exact) mass is 578 g/mol. The van der Waals surface area contributed by atoms with Crippen LogP contribution in [-0.4, -0.2) is 75.7 Å². The van der Waals surface area contributed by atoms with Crippen LogP contribution in [-0.2, 0) is 38.8 Å². The molecular weight excluding hydrogens is 553 g/mol. The van der Waals surface area contributed by atoms with Crippen molar-refractivity contribution in [3.05, 3.63) is 12.0 Å². The Bertz CT molecular complexity index is 1150. The molecule has 0 radical (unpaired) electrons. The van der Waals surface area contributed by atoms with Gasteiger partial charge in [0.25, 0.3) is 0 Å². The van der Waals surface area contributed by atoms with Crippen molar-refractivity contribution in [3.63, 3.8) is 0 Å². The predicted octanol–water partition coefficient (Wildman–Crippen LogP) is 0.852. The first kappa shape index (κ1) is 28.8. The minimum absolute atomic E-state index is 0.0918. The lowest BCUT2D eigenvalue weighted by molar-refractivity contribution is -0.0956. The quantitative estimate of drug-likeness (QED) is 0.201. The van der Waals surface area contributed by atoms with Crippen LogP contribution >= 0.6 is 22.4 Å². The zero-order chi connectivity index (χ0) is 26.4.